The summed E-state index contributed by atoms with van der Waals surface area (Å²) in [4.78, 5) is 17.0. The Balaban J connectivity index is 0.00000144. The fourth-order valence-corrected chi connectivity index (χ4v) is 2.56. The van der Waals surface area contributed by atoms with E-state index in [-0.39, 0.29) is 36.5 Å². The minimum Gasteiger partial charge on any atom is -0.352 e. The van der Waals surface area contributed by atoms with Crippen molar-refractivity contribution in [3.05, 3.63) is 41.3 Å². The Morgan fingerprint density at radius 1 is 1.25 bits per heavy atom. The number of rotatable bonds is 6. The molecule has 1 heterocycles. The van der Waals surface area contributed by atoms with Crippen molar-refractivity contribution >= 4 is 41.6 Å². The molecule has 24 heavy (non-hydrogen) atoms. The van der Waals surface area contributed by atoms with Gasteiger partial charge >= 0.3 is 0 Å². The molecule has 1 aliphatic rings. The monoisotopic (exact) mass is 373 g/mol. The lowest BCUT2D eigenvalue weighted by Gasteiger charge is -2.10. The van der Waals surface area contributed by atoms with Gasteiger partial charge in [-0.05, 0) is 57.1 Å². The maximum Gasteiger partial charge on any atom is 0.252 e. The van der Waals surface area contributed by atoms with Gasteiger partial charge in [0.25, 0.3) is 5.91 Å². The van der Waals surface area contributed by atoms with Crippen molar-refractivity contribution in [3.8, 4) is 0 Å². The second-order valence-electron chi connectivity index (χ2n) is 5.74. The van der Waals surface area contributed by atoms with Crippen LogP contribution >= 0.6 is 24.8 Å². The van der Waals surface area contributed by atoms with Gasteiger partial charge in [0.15, 0.2) is 0 Å². The van der Waals surface area contributed by atoms with Crippen molar-refractivity contribution in [2.75, 3.05) is 20.1 Å². The number of aromatic nitrogens is 1. The van der Waals surface area contributed by atoms with E-state index in [1.807, 2.05) is 13.1 Å². The van der Waals surface area contributed by atoms with Crippen molar-refractivity contribution in [1.29, 1.82) is 0 Å². The molecule has 3 rings (SSSR count). The quantitative estimate of drug-likeness (QED) is 0.762. The number of amides is 1. The van der Waals surface area contributed by atoms with Crippen molar-refractivity contribution in [1.82, 2.24) is 15.6 Å². The zero-order valence-electron chi connectivity index (χ0n) is 13.5. The van der Waals surface area contributed by atoms with Crippen LogP contribution in [-0.4, -0.2) is 31.0 Å². The Morgan fingerprint density at radius 2 is 2.00 bits per heavy atom. The third-order valence-electron chi connectivity index (χ3n) is 3.92. The zero-order valence-corrected chi connectivity index (χ0v) is 15.1. The van der Waals surface area contributed by atoms with E-state index in [4.69, 9.17) is 0 Å². The van der Waals surface area contributed by atoms with Crippen LogP contribution in [0.4, 0.5) is 4.39 Å². The Bertz CT molecular complexity index is 708. The third-order valence-corrected chi connectivity index (χ3v) is 3.92. The lowest BCUT2D eigenvalue weighted by molar-refractivity contribution is 0.0955. The van der Waals surface area contributed by atoms with E-state index in [0.29, 0.717) is 28.9 Å². The minimum absolute atomic E-state index is 0. The molecule has 1 aromatic carbocycles. The van der Waals surface area contributed by atoms with Crippen LogP contribution in [-0.2, 0) is 0 Å². The van der Waals surface area contributed by atoms with Gasteiger partial charge in [0.05, 0.1) is 11.1 Å². The van der Waals surface area contributed by atoms with Gasteiger partial charge in [0, 0.05) is 23.5 Å². The Labute approximate surface area is 153 Å². The van der Waals surface area contributed by atoms with Crippen molar-refractivity contribution < 1.29 is 9.18 Å². The molecule has 0 spiro atoms. The topological polar surface area (TPSA) is 54.0 Å². The van der Waals surface area contributed by atoms with Crippen molar-refractivity contribution in [3.63, 3.8) is 0 Å². The molecule has 132 valence electrons. The standard InChI is InChI=1S/C17H20FN3O.2ClH/c1-19-7-2-8-20-17(22)14-10-16(11-3-4-11)21-15-6-5-12(18)9-13(14)15;;/h5-6,9-11,19H,2-4,7-8H2,1H3,(H,20,22);2*1H. The lowest BCUT2D eigenvalue weighted by Crippen LogP contribution is -2.27. The average Bonchev–Trinajstić information content (AvgIpc) is 3.35. The second-order valence-corrected chi connectivity index (χ2v) is 5.74. The van der Waals surface area contributed by atoms with E-state index in [1.54, 1.807) is 6.07 Å². The zero-order chi connectivity index (χ0) is 15.5. The number of benzene rings is 1. The number of hydrogen-bond donors (Lipinski definition) is 2. The highest BCUT2D eigenvalue weighted by molar-refractivity contribution is 6.06. The van der Waals surface area contributed by atoms with E-state index < -0.39 is 0 Å². The fourth-order valence-electron chi connectivity index (χ4n) is 2.56. The predicted molar refractivity (Wildman–Crippen MR) is 99.0 cm³/mol. The molecule has 0 aliphatic heterocycles. The van der Waals surface area contributed by atoms with Gasteiger partial charge in [-0.1, -0.05) is 0 Å². The van der Waals surface area contributed by atoms with E-state index in [9.17, 15) is 9.18 Å². The van der Waals surface area contributed by atoms with Gasteiger partial charge in [-0.3, -0.25) is 9.78 Å². The highest BCUT2D eigenvalue weighted by Gasteiger charge is 2.27. The molecule has 4 nitrogen and oxygen atoms in total. The molecule has 0 atom stereocenters. The Morgan fingerprint density at radius 3 is 2.67 bits per heavy atom. The number of carbonyl (C=O) groups excluding carboxylic acids is 1. The normalized spacial score (nSPS) is 13.1. The molecule has 1 aromatic heterocycles. The first-order valence-electron chi connectivity index (χ1n) is 7.72. The van der Waals surface area contributed by atoms with E-state index in [1.165, 1.54) is 12.1 Å². The molecule has 0 bridgehead atoms. The fraction of sp³-hybridized carbons (Fsp3) is 0.412. The molecule has 2 aromatic rings. The second kappa shape index (κ2) is 9.16. The molecule has 0 unspecified atom stereocenters. The first-order valence-corrected chi connectivity index (χ1v) is 7.72. The molecule has 7 heteroatoms. The first-order chi connectivity index (χ1) is 10.7. The Kier molecular flexibility index (Phi) is 7.87. The van der Waals surface area contributed by atoms with Crippen molar-refractivity contribution in [2.45, 2.75) is 25.2 Å². The van der Waals surface area contributed by atoms with Crippen LogP contribution < -0.4 is 10.6 Å². The van der Waals surface area contributed by atoms with Crippen molar-refractivity contribution in [2.24, 2.45) is 0 Å². The summed E-state index contributed by atoms with van der Waals surface area (Å²) in [7, 11) is 1.88. The number of halogens is 3. The average molecular weight is 374 g/mol. The smallest absolute Gasteiger partial charge is 0.252 e. The van der Waals surface area contributed by atoms with Crippen LogP contribution in [0.1, 0.15) is 41.2 Å². The third kappa shape index (κ3) is 4.79. The molecule has 1 aliphatic carbocycles. The van der Waals surface area contributed by atoms with Gasteiger partial charge in [0.2, 0.25) is 0 Å². The number of hydrogen-bond acceptors (Lipinski definition) is 3. The largest absolute Gasteiger partial charge is 0.352 e. The number of nitrogens with one attached hydrogen (secondary N) is 2. The van der Waals surface area contributed by atoms with Gasteiger partial charge < -0.3 is 10.6 Å². The summed E-state index contributed by atoms with van der Waals surface area (Å²) in [5.74, 6) is -0.0565. The summed E-state index contributed by atoms with van der Waals surface area (Å²) in [6.07, 6.45) is 3.08. The summed E-state index contributed by atoms with van der Waals surface area (Å²) in [6.45, 7) is 1.44. The van der Waals surface area contributed by atoms with Crippen LogP contribution in [0.3, 0.4) is 0 Å². The predicted octanol–water partition coefficient (Wildman–Crippen LogP) is 3.43. The minimum atomic E-state index is -0.349. The van der Waals surface area contributed by atoms with Crippen LogP contribution in [0.5, 0.6) is 0 Å². The molecule has 1 amide bonds. The molecule has 1 saturated carbocycles. The maximum atomic E-state index is 13.5. The highest BCUT2D eigenvalue weighted by Crippen LogP contribution is 2.40. The molecular formula is C17H22Cl2FN3O. The van der Waals surface area contributed by atoms with Crippen LogP contribution in [0.15, 0.2) is 24.3 Å². The van der Waals surface area contributed by atoms with E-state index in [2.05, 4.69) is 15.6 Å². The highest BCUT2D eigenvalue weighted by atomic mass is 35.5. The van der Waals surface area contributed by atoms with Gasteiger partial charge in [-0.25, -0.2) is 4.39 Å². The summed E-state index contributed by atoms with van der Waals surface area (Å²) in [5, 5.41) is 6.52. The van der Waals surface area contributed by atoms with Gasteiger partial charge in [0.1, 0.15) is 5.82 Å². The number of fused-ring (bicyclic) bond motifs is 1. The van der Waals surface area contributed by atoms with E-state index in [0.717, 1.165) is 31.5 Å². The summed E-state index contributed by atoms with van der Waals surface area (Å²) in [6, 6.07) is 6.25. The van der Waals surface area contributed by atoms with E-state index >= 15 is 0 Å². The molecular weight excluding hydrogens is 352 g/mol. The Hall–Kier alpha value is -1.43. The van der Waals surface area contributed by atoms with Gasteiger partial charge in [-0.2, -0.15) is 0 Å². The molecule has 0 saturated heterocycles. The number of carbonyl (C=O) groups is 1. The first kappa shape index (κ1) is 20.6. The molecule has 1 fully saturated rings. The van der Waals surface area contributed by atoms with Crippen LogP contribution in [0.25, 0.3) is 10.9 Å². The SMILES string of the molecule is CNCCCNC(=O)c1cc(C2CC2)nc2ccc(F)cc12.Cl.Cl. The van der Waals surface area contributed by atoms with Crippen LogP contribution in [0.2, 0.25) is 0 Å². The van der Waals surface area contributed by atoms with Crippen LogP contribution in [0, 0.1) is 5.82 Å². The summed E-state index contributed by atoms with van der Waals surface area (Å²) in [5.41, 5.74) is 2.15. The lowest BCUT2D eigenvalue weighted by atomic mass is 10.0. The molecule has 2 N–H and O–H groups in total. The summed E-state index contributed by atoms with van der Waals surface area (Å²) < 4.78 is 13.5. The van der Waals surface area contributed by atoms with Gasteiger partial charge in [-0.15, -0.1) is 24.8 Å². The summed E-state index contributed by atoms with van der Waals surface area (Å²) >= 11 is 0. The number of nitrogens with zero attached hydrogens (tertiary/aromatic N) is 1. The number of pyridine rings is 1. The maximum absolute atomic E-state index is 13.5. The molecule has 0 radical (unpaired) electrons.